The van der Waals surface area contributed by atoms with E-state index < -0.39 is 5.91 Å². The second-order valence-corrected chi connectivity index (χ2v) is 7.67. The molecule has 0 aliphatic heterocycles. The van der Waals surface area contributed by atoms with E-state index in [0.717, 1.165) is 27.4 Å². The Kier molecular flexibility index (Phi) is 4.97. The summed E-state index contributed by atoms with van der Waals surface area (Å²) in [5, 5.41) is 1.01. The lowest BCUT2D eigenvalue weighted by molar-refractivity contribution is 0.0612. The maximum absolute atomic E-state index is 11.7. The van der Waals surface area contributed by atoms with Crippen molar-refractivity contribution in [2.75, 3.05) is 6.61 Å². The molecule has 0 atom stereocenters. The van der Waals surface area contributed by atoms with Crippen molar-refractivity contribution in [3.8, 4) is 0 Å². The average Bonchev–Trinajstić information content (AvgIpc) is 2.72. The molecule has 0 fully saturated rings. The molecule has 0 unspecified atom stereocenters. The van der Waals surface area contributed by atoms with Crippen molar-refractivity contribution in [3.05, 3.63) is 33.9 Å². The smallest absolute Gasteiger partial charge is 0.250 e. The first-order valence-corrected chi connectivity index (χ1v) is 8.15. The normalized spacial score (nSPS) is 12.0. The maximum atomic E-state index is 11.7. The first-order chi connectivity index (χ1) is 10.2. The number of carbonyl (C=O) groups is 1. The molecule has 2 aromatic rings. The van der Waals surface area contributed by atoms with Crippen molar-refractivity contribution in [3.63, 3.8) is 0 Å². The summed E-state index contributed by atoms with van der Waals surface area (Å²) in [6, 6.07) is 3.61. The number of fused-ring (bicyclic) bond motifs is 1. The van der Waals surface area contributed by atoms with Gasteiger partial charge in [0.1, 0.15) is 6.73 Å². The molecular formula is C17H23BrN2O2. The lowest BCUT2D eigenvalue weighted by atomic mass is 9.93. The van der Waals surface area contributed by atoms with Crippen LogP contribution in [0, 0.1) is 12.3 Å². The van der Waals surface area contributed by atoms with Gasteiger partial charge in [-0.3, -0.25) is 4.79 Å². The summed E-state index contributed by atoms with van der Waals surface area (Å²) in [4.78, 5) is 11.7. The van der Waals surface area contributed by atoms with E-state index in [0.29, 0.717) is 18.9 Å². The molecule has 1 heterocycles. The van der Waals surface area contributed by atoms with Crippen LogP contribution in [0.3, 0.4) is 0 Å². The minimum Gasteiger partial charge on any atom is -0.366 e. The molecule has 0 aliphatic rings. The standard InChI is InChI=1S/C17H23BrN2O2/c1-11-9-20(10-22-8-7-17(2,3)4)15-12(16(19)21)5-6-13(18)14(11)15/h5-6,9H,7-8,10H2,1-4H3,(H2,19,21). The van der Waals surface area contributed by atoms with E-state index in [1.807, 2.05) is 23.8 Å². The first-order valence-electron chi connectivity index (χ1n) is 7.36. The number of aryl methyl sites for hydroxylation is 1. The molecule has 2 rings (SSSR count). The molecule has 1 amide bonds. The summed E-state index contributed by atoms with van der Waals surface area (Å²) >= 11 is 3.55. The zero-order valence-corrected chi connectivity index (χ0v) is 15.2. The highest BCUT2D eigenvalue weighted by Gasteiger charge is 2.16. The molecule has 0 bridgehead atoms. The van der Waals surface area contributed by atoms with Gasteiger partial charge in [0.25, 0.3) is 5.91 Å². The predicted octanol–water partition coefficient (Wildman–Crippen LogP) is 4.22. The Morgan fingerprint density at radius 3 is 2.64 bits per heavy atom. The van der Waals surface area contributed by atoms with Crippen molar-refractivity contribution in [2.24, 2.45) is 11.1 Å². The van der Waals surface area contributed by atoms with Gasteiger partial charge in [0.05, 0.1) is 11.1 Å². The van der Waals surface area contributed by atoms with Gasteiger partial charge in [-0.25, -0.2) is 0 Å². The van der Waals surface area contributed by atoms with E-state index in [4.69, 9.17) is 10.5 Å². The lowest BCUT2D eigenvalue weighted by Crippen LogP contribution is -2.14. The lowest BCUT2D eigenvalue weighted by Gasteiger charge is -2.18. The van der Waals surface area contributed by atoms with Gasteiger partial charge >= 0.3 is 0 Å². The van der Waals surface area contributed by atoms with Gasteiger partial charge in [0, 0.05) is 22.7 Å². The molecule has 0 spiro atoms. The number of hydrogen-bond acceptors (Lipinski definition) is 2. The molecule has 5 heteroatoms. The Morgan fingerprint density at radius 1 is 1.36 bits per heavy atom. The molecular weight excluding hydrogens is 344 g/mol. The molecule has 120 valence electrons. The topological polar surface area (TPSA) is 57.2 Å². The number of aromatic nitrogens is 1. The average molecular weight is 367 g/mol. The largest absolute Gasteiger partial charge is 0.366 e. The highest BCUT2D eigenvalue weighted by Crippen LogP contribution is 2.31. The predicted molar refractivity (Wildman–Crippen MR) is 92.9 cm³/mol. The van der Waals surface area contributed by atoms with Crippen molar-refractivity contribution in [2.45, 2.75) is 40.8 Å². The van der Waals surface area contributed by atoms with Crippen LogP contribution < -0.4 is 5.73 Å². The summed E-state index contributed by atoms with van der Waals surface area (Å²) in [6.07, 6.45) is 2.98. The molecule has 0 saturated carbocycles. The fraction of sp³-hybridized carbons (Fsp3) is 0.471. The first kappa shape index (κ1) is 17.0. The van der Waals surface area contributed by atoms with Crippen LogP contribution in [0.5, 0.6) is 0 Å². The quantitative estimate of drug-likeness (QED) is 0.805. The van der Waals surface area contributed by atoms with Crippen LogP contribution in [0.1, 0.15) is 43.1 Å². The molecule has 0 saturated heterocycles. The van der Waals surface area contributed by atoms with Gasteiger partial charge in [0.2, 0.25) is 0 Å². The van der Waals surface area contributed by atoms with Gasteiger partial charge in [0.15, 0.2) is 0 Å². The summed E-state index contributed by atoms with van der Waals surface area (Å²) in [7, 11) is 0. The second-order valence-electron chi connectivity index (χ2n) is 6.81. The number of primary amides is 1. The van der Waals surface area contributed by atoms with Gasteiger partial charge in [-0.1, -0.05) is 36.7 Å². The van der Waals surface area contributed by atoms with Gasteiger partial charge in [-0.2, -0.15) is 0 Å². The minimum absolute atomic E-state index is 0.246. The van der Waals surface area contributed by atoms with Gasteiger partial charge in [-0.15, -0.1) is 0 Å². The van der Waals surface area contributed by atoms with Crippen LogP contribution in [0.15, 0.2) is 22.8 Å². The maximum Gasteiger partial charge on any atom is 0.250 e. The third-order valence-electron chi connectivity index (χ3n) is 3.65. The van der Waals surface area contributed by atoms with Crippen LogP contribution in [0.25, 0.3) is 10.9 Å². The zero-order chi connectivity index (χ0) is 16.5. The number of nitrogens with zero attached hydrogens (tertiary/aromatic N) is 1. The van der Waals surface area contributed by atoms with E-state index in [9.17, 15) is 4.79 Å². The molecule has 1 aromatic carbocycles. The van der Waals surface area contributed by atoms with E-state index in [-0.39, 0.29) is 5.41 Å². The third kappa shape index (κ3) is 3.70. The Bertz CT molecular complexity index is 699. The van der Waals surface area contributed by atoms with Gasteiger partial charge < -0.3 is 15.0 Å². The molecule has 22 heavy (non-hydrogen) atoms. The monoisotopic (exact) mass is 366 g/mol. The van der Waals surface area contributed by atoms with Crippen LogP contribution in [0.2, 0.25) is 0 Å². The number of nitrogens with two attached hydrogens (primary N) is 1. The van der Waals surface area contributed by atoms with E-state index in [1.165, 1.54) is 0 Å². The Balaban J connectivity index is 2.30. The van der Waals surface area contributed by atoms with E-state index in [1.54, 1.807) is 6.07 Å². The SMILES string of the molecule is Cc1cn(COCCC(C)(C)C)c2c(C(N)=O)ccc(Br)c12. The van der Waals surface area contributed by atoms with Crippen molar-refractivity contribution >= 4 is 32.7 Å². The Hall–Kier alpha value is -1.33. The zero-order valence-electron chi connectivity index (χ0n) is 13.6. The van der Waals surface area contributed by atoms with Crippen LogP contribution in [-0.2, 0) is 11.5 Å². The summed E-state index contributed by atoms with van der Waals surface area (Å²) < 4.78 is 8.70. The third-order valence-corrected chi connectivity index (χ3v) is 4.31. The highest BCUT2D eigenvalue weighted by molar-refractivity contribution is 9.10. The minimum atomic E-state index is -0.424. The van der Waals surface area contributed by atoms with E-state index >= 15 is 0 Å². The second kappa shape index (κ2) is 6.42. The van der Waals surface area contributed by atoms with Crippen LogP contribution >= 0.6 is 15.9 Å². The number of halogens is 1. The summed E-state index contributed by atoms with van der Waals surface area (Å²) in [5.74, 6) is -0.424. The van der Waals surface area contributed by atoms with Crippen molar-refractivity contribution in [1.29, 1.82) is 0 Å². The van der Waals surface area contributed by atoms with Crippen LogP contribution in [0.4, 0.5) is 0 Å². The van der Waals surface area contributed by atoms with Gasteiger partial charge in [-0.05, 0) is 36.5 Å². The Labute approximate surface area is 139 Å². The number of rotatable bonds is 5. The number of benzene rings is 1. The summed E-state index contributed by atoms with van der Waals surface area (Å²) in [6.45, 7) is 9.68. The number of amides is 1. The molecule has 0 aliphatic carbocycles. The van der Waals surface area contributed by atoms with Crippen molar-refractivity contribution in [1.82, 2.24) is 4.57 Å². The number of hydrogen-bond donors (Lipinski definition) is 1. The molecule has 1 aromatic heterocycles. The molecule has 4 nitrogen and oxygen atoms in total. The van der Waals surface area contributed by atoms with Crippen LogP contribution in [-0.4, -0.2) is 17.1 Å². The highest BCUT2D eigenvalue weighted by atomic mass is 79.9. The molecule has 2 N–H and O–H groups in total. The fourth-order valence-electron chi connectivity index (χ4n) is 2.44. The molecule has 0 radical (unpaired) electrons. The van der Waals surface area contributed by atoms with E-state index in [2.05, 4.69) is 36.7 Å². The number of carbonyl (C=O) groups excluding carboxylic acids is 1. The summed E-state index contributed by atoms with van der Waals surface area (Å²) in [5.41, 5.74) is 8.19. The Morgan fingerprint density at radius 2 is 2.05 bits per heavy atom. The van der Waals surface area contributed by atoms with Crippen molar-refractivity contribution < 1.29 is 9.53 Å². The number of ether oxygens (including phenoxy) is 1. The fourth-order valence-corrected chi connectivity index (χ4v) is 3.08.